The second kappa shape index (κ2) is 5.98. The van der Waals surface area contributed by atoms with Gasteiger partial charge < -0.3 is 5.73 Å². The second-order valence-corrected chi connectivity index (χ2v) is 6.11. The monoisotopic (exact) mass is 252 g/mol. The Kier molecular flexibility index (Phi) is 4.60. The summed E-state index contributed by atoms with van der Waals surface area (Å²) in [5, 5.41) is 4.41. The van der Waals surface area contributed by atoms with Crippen LogP contribution in [0.5, 0.6) is 0 Å². The lowest BCUT2D eigenvalue weighted by atomic mass is 9.88. The van der Waals surface area contributed by atoms with Gasteiger partial charge in [0.15, 0.2) is 0 Å². The van der Waals surface area contributed by atoms with E-state index >= 15 is 0 Å². The van der Waals surface area contributed by atoms with Crippen LogP contribution in [0.4, 0.5) is 0 Å². The van der Waals surface area contributed by atoms with E-state index in [9.17, 15) is 0 Å². The van der Waals surface area contributed by atoms with E-state index in [0.29, 0.717) is 0 Å². The van der Waals surface area contributed by atoms with Crippen LogP contribution in [0.15, 0.2) is 16.8 Å². The molecule has 17 heavy (non-hydrogen) atoms. The first kappa shape index (κ1) is 13.1. The average molecular weight is 252 g/mol. The minimum atomic E-state index is 0.248. The molecule has 0 unspecified atom stereocenters. The lowest BCUT2D eigenvalue weighted by Gasteiger charge is -2.41. The molecule has 0 spiro atoms. The summed E-state index contributed by atoms with van der Waals surface area (Å²) in [4.78, 5) is 2.50. The Morgan fingerprint density at radius 1 is 1.29 bits per heavy atom. The number of thiophene rings is 1. The van der Waals surface area contributed by atoms with Crippen LogP contribution in [-0.2, 0) is 6.54 Å². The van der Waals surface area contributed by atoms with Crippen LogP contribution in [0.1, 0.15) is 44.1 Å². The zero-order valence-electron chi connectivity index (χ0n) is 10.8. The van der Waals surface area contributed by atoms with Crippen LogP contribution >= 0.6 is 11.3 Å². The van der Waals surface area contributed by atoms with Gasteiger partial charge in [-0.05, 0) is 42.3 Å². The molecule has 0 aromatic carbocycles. The quantitative estimate of drug-likeness (QED) is 0.834. The summed E-state index contributed by atoms with van der Waals surface area (Å²) in [6, 6.07) is 2.22. The van der Waals surface area contributed by atoms with Crippen molar-refractivity contribution in [1.29, 1.82) is 0 Å². The Hall–Kier alpha value is -0.380. The maximum absolute atomic E-state index is 6.10. The highest BCUT2D eigenvalue weighted by molar-refractivity contribution is 7.07. The van der Waals surface area contributed by atoms with Gasteiger partial charge in [-0.1, -0.05) is 25.7 Å². The van der Waals surface area contributed by atoms with E-state index in [2.05, 4.69) is 28.8 Å². The van der Waals surface area contributed by atoms with E-state index < -0.39 is 0 Å². The molecule has 1 aliphatic rings. The van der Waals surface area contributed by atoms with Gasteiger partial charge in [-0.2, -0.15) is 11.3 Å². The molecular weight excluding hydrogens is 228 g/mol. The second-order valence-electron chi connectivity index (χ2n) is 5.33. The zero-order valence-corrected chi connectivity index (χ0v) is 11.6. The fraction of sp³-hybridized carbons (Fsp3) is 0.714. The Bertz CT molecular complexity index is 313. The van der Waals surface area contributed by atoms with Crippen molar-refractivity contribution >= 4 is 11.3 Å². The molecule has 1 fully saturated rings. The van der Waals surface area contributed by atoms with Crippen LogP contribution in [0.2, 0.25) is 0 Å². The molecular formula is C14H24N2S. The lowest BCUT2D eigenvalue weighted by Crippen LogP contribution is -2.51. The SMILES string of the molecule is CN(Cc1ccsc1)C1(CN)CCCCCC1. The Balaban J connectivity index is 2.04. The van der Waals surface area contributed by atoms with Gasteiger partial charge in [-0.25, -0.2) is 0 Å². The number of hydrogen-bond acceptors (Lipinski definition) is 3. The minimum absolute atomic E-state index is 0.248. The molecule has 1 saturated carbocycles. The van der Waals surface area contributed by atoms with E-state index in [-0.39, 0.29) is 5.54 Å². The molecule has 1 heterocycles. The third kappa shape index (κ3) is 3.09. The van der Waals surface area contributed by atoms with Crippen molar-refractivity contribution in [3.63, 3.8) is 0 Å². The predicted octanol–water partition coefficient (Wildman–Crippen LogP) is 3.23. The van der Waals surface area contributed by atoms with Crippen LogP contribution in [0.25, 0.3) is 0 Å². The van der Waals surface area contributed by atoms with E-state index in [1.165, 1.54) is 44.1 Å². The van der Waals surface area contributed by atoms with Crippen LogP contribution < -0.4 is 5.73 Å². The highest BCUT2D eigenvalue weighted by Crippen LogP contribution is 2.32. The maximum Gasteiger partial charge on any atom is 0.0332 e. The molecule has 2 rings (SSSR count). The highest BCUT2D eigenvalue weighted by Gasteiger charge is 2.33. The molecule has 1 aliphatic carbocycles. The standard InChI is InChI=1S/C14H24N2S/c1-16(10-13-6-9-17-11-13)14(12-15)7-4-2-3-5-8-14/h6,9,11H,2-5,7-8,10,12,15H2,1H3. The van der Waals surface area contributed by atoms with Crippen LogP contribution in [-0.4, -0.2) is 24.0 Å². The lowest BCUT2D eigenvalue weighted by molar-refractivity contribution is 0.0998. The van der Waals surface area contributed by atoms with Gasteiger partial charge in [0, 0.05) is 18.6 Å². The van der Waals surface area contributed by atoms with Crippen molar-refractivity contribution in [2.75, 3.05) is 13.6 Å². The summed E-state index contributed by atoms with van der Waals surface area (Å²) < 4.78 is 0. The maximum atomic E-state index is 6.10. The third-order valence-corrected chi connectivity index (χ3v) is 4.96. The minimum Gasteiger partial charge on any atom is -0.329 e. The van der Waals surface area contributed by atoms with E-state index in [0.717, 1.165) is 13.1 Å². The topological polar surface area (TPSA) is 29.3 Å². The van der Waals surface area contributed by atoms with Gasteiger partial charge >= 0.3 is 0 Å². The van der Waals surface area contributed by atoms with Gasteiger partial charge in [0.2, 0.25) is 0 Å². The number of hydrogen-bond donors (Lipinski definition) is 1. The van der Waals surface area contributed by atoms with Crippen molar-refractivity contribution in [2.45, 2.75) is 50.6 Å². The Morgan fingerprint density at radius 2 is 2.00 bits per heavy atom. The third-order valence-electron chi connectivity index (χ3n) is 4.22. The molecule has 2 N–H and O–H groups in total. The predicted molar refractivity (Wildman–Crippen MR) is 75.3 cm³/mol. The van der Waals surface area contributed by atoms with Gasteiger partial charge in [0.05, 0.1) is 0 Å². The number of likely N-dealkylation sites (N-methyl/N-ethyl adjacent to an activating group) is 1. The van der Waals surface area contributed by atoms with Crippen molar-refractivity contribution in [3.05, 3.63) is 22.4 Å². The zero-order chi connectivity index (χ0) is 12.1. The van der Waals surface area contributed by atoms with E-state index in [1.54, 1.807) is 11.3 Å². The van der Waals surface area contributed by atoms with Gasteiger partial charge in [0.1, 0.15) is 0 Å². The molecule has 0 radical (unpaired) electrons. The summed E-state index contributed by atoms with van der Waals surface area (Å²) >= 11 is 1.78. The highest BCUT2D eigenvalue weighted by atomic mass is 32.1. The molecule has 96 valence electrons. The molecule has 3 heteroatoms. The van der Waals surface area contributed by atoms with Crippen molar-refractivity contribution in [1.82, 2.24) is 4.90 Å². The van der Waals surface area contributed by atoms with Crippen molar-refractivity contribution < 1.29 is 0 Å². The summed E-state index contributed by atoms with van der Waals surface area (Å²) in [5.74, 6) is 0. The molecule has 0 aliphatic heterocycles. The molecule has 0 atom stereocenters. The first-order valence-electron chi connectivity index (χ1n) is 6.69. The van der Waals surface area contributed by atoms with E-state index in [4.69, 9.17) is 5.73 Å². The van der Waals surface area contributed by atoms with Gasteiger partial charge in [-0.15, -0.1) is 0 Å². The van der Waals surface area contributed by atoms with Crippen molar-refractivity contribution in [3.8, 4) is 0 Å². The normalized spacial score (nSPS) is 20.4. The molecule has 0 saturated heterocycles. The van der Waals surface area contributed by atoms with Crippen LogP contribution in [0.3, 0.4) is 0 Å². The first-order chi connectivity index (χ1) is 8.27. The molecule has 0 amide bonds. The number of nitrogens with zero attached hydrogens (tertiary/aromatic N) is 1. The summed E-state index contributed by atoms with van der Waals surface area (Å²) in [7, 11) is 2.25. The first-order valence-corrected chi connectivity index (χ1v) is 7.63. The number of rotatable bonds is 4. The number of nitrogens with two attached hydrogens (primary N) is 1. The summed E-state index contributed by atoms with van der Waals surface area (Å²) in [6.45, 7) is 1.84. The average Bonchev–Trinajstić information content (AvgIpc) is 2.72. The summed E-state index contributed by atoms with van der Waals surface area (Å²) in [6.07, 6.45) is 7.98. The van der Waals surface area contributed by atoms with E-state index in [1.807, 2.05) is 0 Å². The van der Waals surface area contributed by atoms with Crippen LogP contribution in [0, 0.1) is 0 Å². The van der Waals surface area contributed by atoms with Crippen molar-refractivity contribution in [2.24, 2.45) is 5.73 Å². The Morgan fingerprint density at radius 3 is 2.53 bits per heavy atom. The summed E-state index contributed by atoms with van der Waals surface area (Å²) in [5.41, 5.74) is 7.77. The van der Waals surface area contributed by atoms with Gasteiger partial charge in [0.25, 0.3) is 0 Å². The molecule has 1 aromatic heterocycles. The largest absolute Gasteiger partial charge is 0.329 e. The molecule has 0 bridgehead atoms. The van der Waals surface area contributed by atoms with Gasteiger partial charge in [-0.3, -0.25) is 4.90 Å². The smallest absolute Gasteiger partial charge is 0.0332 e. The molecule has 2 nitrogen and oxygen atoms in total. The fourth-order valence-corrected chi connectivity index (χ4v) is 3.61. The molecule has 1 aromatic rings. The fourth-order valence-electron chi connectivity index (χ4n) is 2.95. The Labute approximate surface area is 109 Å².